The molecular weight excluding hydrogens is 477 g/mol. The van der Waals surface area contributed by atoms with Gasteiger partial charge in [0, 0.05) is 49.5 Å². The van der Waals surface area contributed by atoms with Gasteiger partial charge in [-0.25, -0.2) is 4.98 Å². The highest BCUT2D eigenvalue weighted by molar-refractivity contribution is 7.85. The van der Waals surface area contributed by atoms with Crippen molar-refractivity contribution in [3.63, 3.8) is 0 Å². The predicted molar refractivity (Wildman–Crippen MR) is 123 cm³/mol. The maximum Gasteiger partial charge on any atom is 0.265 e. The molecule has 0 atom stereocenters. The van der Waals surface area contributed by atoms with Crippen molar-refractivity contribution in [1.82, 2.24) is 14.8 Å². The highest BCUT2D eigenvalue weighted by Gasteiger charge is 2.22. The van der Waals surface area contributed by atoms with Gasteiger partial charge in [0.15, 0.2) is 6.61 Å². The molecule has 0 spiro atoms. The van der Waals surface area contributed by atoms with Crippen molar-refractivity contribution in [1.29, 1.82) is 0 Å². The maximum atomic E-state index is 12.6. The first-order valence-electron chi connectivity index (χ1n) is 10.2. The summed E-state index contributed by atoms with van der Waals surface area (Å²) < 4.78 is 36.6. The van der Waals surface area contributed by atoms with Crippen molar-refractivity contribution in [2.75, 3.05) is 45.1 Å². The Balaban J connectivity index is 1.45. The molecule has 0 bridgehead atoms. The topological polar surface area (TPSA) is 100 Å². The fraction of sp³-hybridized carbons (Fsp3) is 0.429. The van der Waals surface area contributed by atoms with Gasteiger partial charge in [0.05, 0.1) is 10.8 Å². The smallest absolute Gasteiger partial charge is 0.265 e. The van der Waals surface area contributed by atoms with E-state index in [0.29, 0.717) is 23.7 Å². The zero-order valence-corrected chi connectivity index (χ0v) is 19.7. The largest absolute Gasteiger partial charge is 0.467 e. The van der Waals surface area contributed by atoms with E-state index >= 15 is 0 Å². The molecule has 32 heavy (non-hydrogen) atoms. The molecule has 0 aliphatic carbocycles. The first kappa shape index (κ1) is 24.7. The number of aromatic nitrogens is 1. The van der Waals surface area contributed by atoms with Crippen molar-refractivity contribution in [2.24, 2.45) is 0 Å². The van der Waals surface area contributed by atoms with E-state index in [-0.39, 0.29) is 24.8 Å². The van der Waals surface area contributed by atoms with Gasteiger partial charge in [-0.15, -0.1) is 0 Å². The van der Waals surface area contributed by atoms with Crippen LogP contribution in [0.1, 0.15) is 11.1 Å². The second-order valence-corrected chi connectivity index (χ2v) is 9.99. The Morgan fingerprint density at radius 1 is 1.06 bits per heavy atom. The molecule has 11 heteroatoms. The minimum Gasteiger partial charge on any atom is -0.467 e. The van der Waals surface area contributed by atoms with E-state index in [9.17, 15) is 13.2 Å². The summed E-state index contributed by atoms with van der Waals surface area (Å²) in [6.45, 7) is 3.46. The molecular formula is C21H25Cl2N3O5S. The number of piperazine rings is 1. The molecule has 1 amide bonds. The number of ether oxygens (including phenoxy) is 1. The van der Waals surface area contributed by atoms with Crippen LogP contribution in [0.4, 0.5) is 0 Å². The molecule has 1 aliphatic rings. The van der Waals surface area contributed by atoms with E-state index in [2.05, 4.69) is 9.88 Å². The molecule has 0 unspecified atom stereocenters. The second kappa shape index (κ2) is 11.3. The van der Waals surface area contributed by atoms with Gasteiger partial charge in [-0.2, -0.15) is 8.42 Å². The monoisotopic (exact) mass is 501 g/mol. The van der Waals surface area contributed by atoms with Crippen molar-refractivity contribution in [2.45, 2.75) is 12.8 Å². The van der Waals surface area contributed by atoms with Crippen LogP contribution in [0.15, 0.2) is 36.5 Å². The number of hydrogen-bond donors (Lipinski definition) is 1. The van der Waals surface area contributed by atoms with Crippen molar-refractivity contribution in [3.8, 4) is 5.88 Å². The number of benzene rings is 1. The summed E-state index contributed by atoms with van der Waals surface area (Å²) in [6.07, 6.45) is 2.25. The van der Waals surface area contributed by atoms with E-state index in [4.69, 9.17) is 32.5 Å². The van der Waals surface area contributed by atoms with Crippen LogP contribution in [-0.2, 0) is 27.8 Å². The zero-order valence-electron chi connectivity index (χ0n) is 17.4. The lowest BCUT2D eigenvalue weighted by molar-refractivity contribution is -0.135. The highest BCUT2D eigenvalue weighted by Crippen LogP contribution is 2.21. The van der Waals surface area contributed by atoms with Gasteiger partial charge >= 0.3 is 0 Å². The molecule has 1 aliphatic heterocycles. The number of amides is 1. The number of hydrogen-bond acceptors (Lipinski definition) is 6. The quantitative estimate of drug-likeness (QED) is 0.527. The van der Waals surface area contributed by atoms with Crippen molar-refractivity contribution < 1.29 is 22.5 Å². The summed E-state index contributed by atoms with van der Waals surface area (Å²) in [5.41, 5.74) is 1.64. The van der Waals surface area contributed by atoms with Crippen LogP contribution in [0.3, 0.4) is 0 Å². The molecule has 8 nitrogen and oxygen atoms in total. The Kier molecular flexibility index (Phi) is 8.72. The Bertz CT molecular complexity index is 1030. The predicted octanol–water partition coefficient (Wildman–Crippen LogP) is 2.58. The third kappa shape index (κ3) is 7.90. The fourth-order valence-corrected chi connectivity index (χ4v) is 4.18. The Labute approximate surface area is 197 Å². The van der Waals surface area contributed by atoms with E-state index in [1.54, 1.807) is 4.90 Å². The van der Waals surface area contributed by atoms with Crippen LogP contribution in [0, 0.1) is 0 Å². The summed E-state index contributed by atoms with van der Waals surface area (Å²) in [5, 5.41) is 1.03. The molecule has 1 N–H and O–H groups in total. The van der Waals surface area contributed by atoms with Crippen LogP contribution in [0.2, 0.25) is 10.0 Å². The molecule has 1 fully saturated rings. The summed E-state index contributed by atoms with van der Waals surface area (Å²) >= 11 is 11.8. The molecule has 2 aromatic rings. The summed E-state index contributed by atoms with van der Waals surface area (Å²) in [5.74, 6) is -0.523. The number of pyridine rings is 1. The van der Waals surface area contributed by atoms with Crippen LogP contribution in [0.5, 0.6) is 5.88 Å². The molecule has 0 saturated carbocycles. The number of aryl methyl sites for hydroxylation is 1. The van der Waals surface area contributed by atoms with Crippen LogP contribution < -0.4 is 4.74 Å². The molecule has 2 heterocycles. The standard InChI is InChI=1S/C21H25Cl2N3O5S/c22-18-3-1-16(2-4-18)5-7-25-8-10-26(11-9-25)20(27)15-31-21-17(6-12-32(28,29)30)13-19(23)14-24-21/h1-4,13-14H,5-12,15H2,(H,28,29,30). The van der Waals surface area contributed by atoms with Gasteiger partial charge in [0.2, 0.25) is 5.88 Å². The van der Waals surface area contributed by atoms with Gasteiger partial charge in [-0.3, -0.25) is 14.2 Å². The maximum absolute atomic E-state index is 12.6. The van der Waals surface area contributed by atoms with Gasteiger partial charge in [0.25, 0.3) is 16.0 Å². The van der Waals surface area contributed by atoms with Gasteiger partial charge < -0.3 is 9.64 Å². The fourth-order valence-electron chi connectivity index (χ4n) is 3.40. The molecule has 3 rings (SSSR count). The average molecular weight is 502 g/mol. The lowest BCUT2D eigenvalue weighted by Gasteiger charge is -2.34. The second-order valence-electron chi connectivity index (χ2n) is 7.54. The van der Waals surface area contributed by atoms with Gasteiger partial charge in [-0.1, -0.05) is 35.3 Å². The highest BCUT2D eigenvalue weighted by atomic mass is 35.5. The lowest BCUT2D eigenvalue weighted by Crippen LogP contribution is -2.50. The third-order valence-corrected chi connectivity index (χ3v) is 6.39. The van der Waals surface area contributed by atoms with Crippen LogP contribution >= 0.6 is 23.2 Å². The first-order chi connectivity index (χ1) is 15.2. The average Bonchev–Trinajstić information content (AvgIpc) is 2.76. The first-order valence-corrected chi connectivity index (χ1v) is 12.5. The molecule has 1 saturated heterocycles. The van der Waals surface area contributed by atoms with E-state index in [0.717, 1.165) is 31.1 Å². The van der Waals surface area contributed by atoms with E-state index in [1.807, 2.05) is 24.3 Å². The molecule has 1 aromatic heterocycles. The van der Waals surface area contributed by atoms with Crippen LogP contribution in [0.25, 0.3) is 0 Å². The van der Waals surface area contributed by atoms with Gasteiger partial charge in [0.1, 0.15) is 0 Å². The Morgan fingerprint density at radius 2 is 1.75 bits per heavy atom. The van der Waals surface area contributed by atoms with Gasteiger partial charge in [-0.05, 0) is 36.6 Å². The third-order valence-electron chi connectivity index (χ3n) is 5.21. The summed E-state index contributed by atoms with van der Waals surface area (Å²) in [7, 11) is -4.14. The van der Waals surface area contributed by atoms with Crippen molar-refractivity contribution in [3.05, 3.63) is 57.7 Å². The number of halogens is 2. The lowest BCUT2D eigenvalue weighted by atomic mass is 10.1. The Morgan fingerprint density at radius 3 is 2.41 bits per heavy atom. The number of rotatable bonds is 9. The minimum atomic E-state index is -4.14. The van der Waals surface area contributed by atoms with E-state index < -0.39 is 15.9 Å². The summed E-state index contributed by atoms with van der Waals surface area (Å²) in [4.78, 5) is 20.7. The normalized spacial score (nSPS) is 15.0. The number of carbonyl (C=O) groups is 1. The van der Waals surface area contributed by atoms with Crippen LogP contribution in [-0.4, -0.2) is 78.7 Å². The number of carbonyl (C=O) groups excluding carboxylic acids is 1. The molecule has 0 radical (unpaired) electrons. The Hall–Kier alpha value is -1.91. The van der Waals surface area contributed by atoms with Crippen molar-refractivity contribution >= 4 is 39.2 Å². The SMILES string of the molecule is O=C(COc1ncc(Cl)cc1CCS(=O)(=O)O)N1CCN(CCc2ccc(Cl)cc2)CC1. The molecule has 1 aromatic carbocycles. The summed E-state index contributed by atoms with van der Waals surface area (Å²) in [6, 6.07) is 9.33. The molecule has 174 valence electrons. The zero-order chi connectivity index (χ0) is 23.1. The number of nitrogens with zero attached hydrogens (tertiary/aromatic N) is 3. The van der Waals surface area contributed by atoms with E-state index in [1.165, 1.54) is 17.8 Å². The minimum absolute atomic E-state index is 0.0256.